The van der Waals surface area contributed by atoms with Crippen molar-refractivity contribution in [2.45, 2.75) is 10.8 Å². The maximum atomic E-state index is 12.5. The monoisotopic (exact) mass is 403 g/mol. The fourth-order valence-electron chi connectivity index (χ4n) is 1.92. The third-order valence-corrected chi connectivity index (χ3v) is 6.42. The molecule has 25 heavy (non-hydrogen) atoms. The highest BCUT2D eigenvalue weighted by Crippen LogP contribution is 2.37. The van der Waals surface area contributed by atoms with Gasteiger partial charge in [-0.15, -0.1) is 0 Å². The summed E-state index contributed by atoms with van der Waals surface area (Å²) in [7, 11) is -0.670. The summed E-state index contributed by atoms with van der Waals surface area (Å²) in [6, 6.07) is 6.52. The van der Waals surface area contributed by atoms with Crippen LogP contribution < -0.4 is 18.9 Å². The first-order valence-corrected chi connectivity index (χ1v) is 9.82. The summed E-state index contributed by atoms with van der Waals surface area (Å²) in [5.74, 6) is 1.15. The Kier molecular flexibility index (Phi) is 6.71. The highest BCUT2D eigenvalue weighted by atomic mass is 35.5. The molecule has 0 saturated carbocycles. The summed E-state index contributed by atoms with van der Waals surface area (Å²) >= 11 is 6.96. The molecular formula is C16H18ClNO5S2. The molecule has 0 aliphatic heterocycles. The Hall–Kier alpha value is -1.74. The second-order valence-corrected chi connectivity index (χ2v) is 8.26. The van der Waals surface area contributed by atoms with Gasteiger partial charge in [0.1, 0.15) is 22.3 Å². The molecule has 0 saturated heterocycles. The van der Waals surface area contributed by atoms with Crippen molar-refractivity contribution in [1.29, 1.82) is 0 Å². The van der Waals surface area contributed by atoms with Crippen molar-refractivity contribution < 1.29 is 22.6 Å². The maximum absolute atomic E-state index is 12.5. The largest absolute Gasteiger partial charge is 0.497 e. The van der Waals surface area contributed by atoms with Gasteiger partial charge in [0, 0.05) is 12.6 Å². The first-order valence-electron chi connectivity index (χ1n) is 7.14. The topological polar surface area (TPSA) is 73.9 Å². The third-order valence-electron chi connectivity index (χ3n) is 3.11. The number of hydrogen-bond donors (Lipinski definition) is 1. The van der Waals surface area contributed by atoms with Gasteiger partial charge in [0.05, 0.1) is 19.2 Å². The number of hydrogen-bond acceptors (Lipinski definition) is 6. The van der Waals surface area contributed by atoms with Crippen molar-refractivity contribution in [3.63, 3.8) is 0 Å². The van der Waals surface area contributed by atoms with Crippen molar-refractivity contribution in [1.82, 2.24) is 4.72 Å². The molecule has 9 heteroatoms. The summed E-state index contributed by atoms with van der Waals surface area (Å²) in [5, 5.41) is 0.584. The van der Waals surface area contributed by atoms with Gasteiger partial charge in [0.2, 0.25) is 0 Å². The van der Waals surface area contributed by atoms with E-state index in [9.17, 15) is 8.42 Å². The predicted octanol–water partition coefficient (Wildman–Crippen LogP) is 3.46. The minimum absolute atomic E-state index is 0.0754. The van der Waals surface area contributed by atoms with E-state index < -0.39 is 10.0 Å². The van der Waals surface area contributed by atoms with E-state index in [-0.39, 0.29) is 22.4 Å². The van der Waals surface area contributed by atoms with Crippen LogP contribution in [0.4, 0.5) is 0 Å². The average molecular weight is 404 g/mol. The molecule has 0 spiro atoms. The van der Waals surface area contributed by atoms with Crippen molar-refractivity contribution in [2.75, 3.05) is 20.8 Å². The fraction of sp³-hybridized carbons (Fsp3) is 0.250. The number of thiophene rings is 1. The van der Waals surface area contributed by atoms with Gasteiger partial charge in [-0.1, -0.05) is 35.6 Å². The summed E-state index contributed by atoms with van der Waals surface area (Å²) in [6.45, 7) is 3.86. The van der Waals surface area contributed by atoms with E-state index in [4.69, 9.17) is 25.8 Å². The van der Waals surface area contributed by atoms with Gasteiger partial charge in [0.15, 0.2) is 5.06 Å². The van der Waals surface area contributed by atoms with Gasteiger partial charge in [-0.3, -0.25) is 0 Å². The van der Waals surface area contributed by atoms with E-state index in [0.29, 0.717) is 22.1 Å². The average Bonchev–Trinajstić information content (AvgIpc) is 2.99. The first kappa shape index (κ1) is 19.6. The van der Waals surface area contributed by atoms with Crippen molar-refractivity contribution >= 4 is 33.0 Å². The lowest BCUT2D eigenvalue weighted by atomic mass is 10.2. The summed E-state index contributed by atoms with van der Waals surface area (Å²) in [5.41, 5.74) is 0.700. The normalized spacial score (nSPS) is 11.2. The predicted molar refractivity (Wildman–Crippen MR) is 98.6 cm³/mol. The molecule has 6 nitrogen and oxygen atoms in total. The minimum Gasteiger partial charge on any atom is -0.497 e. The van der Waals surface area contributed by atoms with Crippen LogP contribution in [0.5, 0.6) is 16.6 Å². The molecule has 0 aliphatic carbocycles. The van der Waals surface area contributed by atoms with Gasteiger partial charge in [-0.2, -0.15) is 0 Å². The molecule has 1 N–H and O–H groups in total. The molecule has 2 aromatic rings. The zero-order valence-corrected chi connectivity index (χ0v) is 16.1. The Bertz CT molecular complexity index is 826. The number of ether oxygens (including phenoxy) is 3. The molecule has 0 aliphatic rings. The Balaban J connectivity index is 2.15. The standard InChI is InChI=1S/C16H18ClNO5S2/c1-4-5-23-16-14(17)9-15(24-16)25(19,20)18-10-11-6-12(21-2)8-13(7-11)22-3/h4,6-9,18H,1,5,10H2,2-3H3. The lowest BCUT2D eigenvalue weighted by molar-refractivity contribution is 0.374. The molecule has 0 fully saturated rings. The van der Waals surface area contributed by atoms with Gasteiger partial charge in [-0.25, -0.2) is 13.1 Å². The van der Waals surface area contributed by atoms with Crippen LogP contribution in [0.1, 0.15) is 5.56 Å². The van der Waals surface area contributed by atoms with Gasteiger partial charge in [-0.05, 0) is 23.8 Å². The van der Waals surface area contributed by atoms with Crippen LogP contribution in [-0.2, 0) is 16.6 Å². The maximum Gasteiger partial charge on any atom is 0.250 e. The van der Waals surface area contributed by atoms with Gasteiger partial charge in [0.25, 0.3) is 10.0 Å². The SMILES string of the molecule is C=CCOc1sc(S(=O)(=O)NCc2cc(OC)cc(OC)c2)cc1Cl. The number of halogens is 1. The highest BCUT2D eigenvalue weighted by Gasteiger charge is 2.20. The highest BCUT2D eigenvalue weighted by molar-refractivity contribution is 7.91. The lowest BCUT2D eigenvalue weighted by Gasteiger charge is -2.09. The van der Waals surface area contributed by atoms with E-state index in [1.807, 2.05) is 0 Å². The summed E-state index contributed by atoms with van der Waals surface area (Å²) in [6.07, 6.45) is 1.55. The van der Waals surface area contributed by atoms with Crippen LogP contribution in [0.25, 0.3) is 0 Å². The van der Waals surface area contributed by atoms with Crippen LogP contribution in [-0.4, -0.2) is 29.2 Å². The molecule has 1 aromatic carbocycles. The molecule has 136 valence electrons. The van der Waals surface area contributed by atoms with Crippen molar-refractivity contribution in [3.05, 3.63) is 47.5 Å². The van der Waals surface area contributed by atoms with Gasteiger partial charge >= 0.3 is 0 Å². The minimum atomic E-state index is -3.73. The second kappa shape index (κ2) is 8.57. The lowest BCUT2D eigenvalue weighted by Crippen LogP contribution is -2.22. The van der Waals surface area contributed by atoms with Gasteiger partial charge < -0.3 is 14.2 Å². The van der Waals surface area contributed by atoms with Crippen LogP contribution in [0.15, 0.2) is 41.1 Å². The summed E-state index contributed by atoms with van der Waals surface area (Å²) in [4.78, 5) is 0. The Morgan fingerprint density at radius 3 is 2.40 bits per heavy atom. The number of sulfonamides is 1. The Labute approximate surface area is 156 Å². The van der Waals surface area contributed by atoms with Crippen LogP contribution in [0, 0.1) is 0 Å². The summed E-state index contributed by atoms with van der Waals surface area (Å²) < 4.78 is 43.2. The first-order chi connectivity index (χ1) is 11.9. The van der Waals surface area contributed by atoms with Crippen LogP contribution >= 0.6 is 22.9 Å². The quantitative estimate of drug-likeness (QED) is 0.649. The molecule has 2 rings (SSSR count). The van der Waals surface area contributed by atoms with E-state index >= 15 is 0 Å². The van der Waals surface area contributed by atoms with Crippen molar-refractivity contribution in [3.8, 4) is 16.6 Å². The fourth-order valence-corrected chi connectivity index (χ4v) is 4.58. The van der Waals surface area contributed by atoms with Crippen LogP contribution in [0.3, 0.4) is 0 Å². The molecule has 0 atom stereocenters. The number of methoxy groups -OCH3 is 2. The number of nitrogens with one attached hydrogen (secondary N) is 1. The Morgan fingerprint density at radius 1 is 1.20 bits per heavy atom. The number of benzene rings is 1. The molecule has 0 amide bonds. The molecule has 1 heterocycles. The van der Waals surface area contributed by atoms with E-state index in [2.05, 4.69) is 11.3 Å². The van der Waals surface area contributed by atoms with Crippen molar-refractivity contribution in [2.24, 2.45) is 0 Å². The van der Waals surface area contributed by atoms with Crippen LogP contribution in [0.2, 0.25) is 5.02 Å². The molecule has 0 unspecified atom stereocenters. The molecule has 0 radical (unpaired) electrons. The molecule has 1 aromatic heterocycles. The molecule has 0 bridgehead atoms. The molecular weight excluding hydrogens is 386 g/mol. The van der Waals surface area contributed by atoms with E-state index in [1.165, 1.54) is 20.3 Å². The Morgan fingerprint density at radius 2 is 1.84 bits per heavy atom. The third kappa shape index (κ3) is 5.12. The smallest absolute Gasteiger partial charge is 0.250 e. The zero-order chi connectivity index (χ0) is 18.4. The number of rotatable bonds is 9. The zero-order valence-electron chi connectivity index (χ0n) is 13.7. The van der Waals surface area contributed by atoms with E-state index in [0.717, 1.165) is 11.3 Å². The second-order valence-electron chi connectivity index (χ2n) is 4.85. The van der Waals surface area contributed by atoms with E-state index in [1.54, 1.807) is 24.3 Å².